The summed E-state index contributed by atoms with van der Waals surface area (Å²) in [6.45, 7) is 0.554. The number of hydrogen-bond acceptors (Lipinski definition) is 3. The number of hydrogen-bond donors (Lipinski definition) is 1. The Hall–Kier alpha value is -2.16. The summed E-state index contributed by atoms with van der Waals surface area (Å²) in [5.41, 5.74) is 7.62. The second-order valence-electron chi connectivity index (χ2n) is 4.43. The highest BCUT2D eigenvalue weighted by Gasteiger charge is 2.22. The summed E-state index contributed by atoms with van der Waals surface area (Å²) in [6.07, 6.45) is 1.01. The Bertz CT molecular complexity index is 511. The SMILES string of the molecule is Nc1ccc(OCC2Cc3ccccc3O2)cc1. The van der Waals surface area contributed by atoms with Crippen molar-refractivity contribution >= 4 is 5.69 Å². The van der Waals surface area contributed by atoms with Crippen LogP contribution in [0.25, 0.3) is 0 Å². The zero-order valence-electron chi connectivity index (χ0n) is 10.0. The van der Waals surface area contributed by atoms with Crippen LogP contribution < -0.4 is 15.2 Å². The average Bonchev–Trinajstić information content (AvgIpc) is 2.81. The fourth-order valence-corrected chi connectivity index (χ4v) is 2.10. The first kappa shape index (κ1) is 11.0. The van der Waals surface area contributed by atoms with E-state index in [0.29, 0.717) is 6.61 Å². The summed E-state index contributed by atoms with van der Waals surface area (Å²) >= 11 is 0. The zero-order valence-corrected chi connectivity index (χ0v) is 10.0. The number of anilines is 1. The molecule has 0 amide bonds. The normalized spacial score (nSPS) is 17.0. The number of fused-ring (bicyclic) bond motifs is 1. The molecular weight excluding hydrogens is 226 g/mol. The Morgan fingerprint density at radius 1 is 1.11 bits per heavy atom. The van der Waals surface area contributed by atoms with Crippen LogP contribution in [0, 0.1) is 0 Å². The number of ether oxygens (including phenoxy) is 2. The van der Waals surface area contributed by atoms with E-state index in [0.717, 1.165) is 23.6 Å². The summed E-state index contributed by atoms with van der Waals surface area (Å²) in [6, 6.07) is 15.5. The molecule has 0 bridgehead atoms. The van der Waals surface area contributed by atoms with E-state index in [9.17, 15) is 0 Å². The van der Waals surface area contributed by atoms with Crippen molar-refractivity contribution in [2.24, 2.45) is 0 Å². The van der Waals surface area contributed by atoms with Gasteiger partial charge in [0.1, 0.15) is 24.2 Å². The van der Waals surface area contributed by atoms with E-state index in [1.807, 2.05) is 42.5 Å². The molecule has 1 aliphatic rings. The van der Waals surface area contributed by atoms with Gasteiger partial charge in [-0.25, -0.2) is 0 Å². The highest BCUT2D eigenvalue weighted by atomic mass is 16.5. The first-order valence-electron chi connectivity index (χ1n) is 6.04. The van der Waals surface area contributed by atoms with Gasteiger partial charge in [-0.05, 0) is 35.9 Å². The molecule has 3 heteroatoms. The molecule has 92 valence electrons. The number of nitrogens with two attached hydrogens (primary N) is 1. The molecule has 0 saturated carbocycles. The minimum absolute atomic E-state index is 0.0972. The highest BCUT2D eigenvalue weighted by molar-refractivity contribution is 5.41. The Balaban J connectivity index is 1.58. The molecule has 0 aromatic heterocycles. The molecule has 18 heavy (non-hydrogen) atoms. The average molecular weight is 241 g/mol. The molecule has 1 aliphatic heterocycles. The molecule has 2 aromatic rings. The second kappa shape index (κ2) is 4.61. The summed E-state index contributed by atoms with van der Waals surface area (Å²) in [4.78, 5) is 0. The van der Waals surface area contributed by atoms with Crippen molar-refractivity contribution in [3.05, 3.63) is 54.1 Å². The maximum Gasteiger partial charge on any atom is 0.137 e. The Morgan fingerprint density at radius 3 is 2.67 bits per heavy atom. The van der Waals surface area contributed by atoms with Gasteiger partial charge in [0.05, 0.1) is 0 Å². The van der Waals surface area contributed by atoms with Crippen LogP contribution in [0.2, 0.25) is 0 Å². The van der Waals surface area contributed by atoms with Gasteiger partial charge in [0, 0.05) is 12.1 Å². The van der Waals surface area contributed by atoms with Gasteiger partial charge in [0.25, 0.3) is 0 Å². The van der Waals surface area contributed by atoms with E-state index >= 15 is 0 Å². The first-order chi connectivity index (χ1) is 8.81. The van der Waals surface area contributed by atoms with Gasteiger partial charge < -0.3 is 15.2 Å². The van der Waals surface area contributed by atoms with Crippen LogP contribution in [-0.4, -0.2) is 12.7 Å². The van der Waals surface area contributed by atoms with E-state index in [1.165, 1.54) is 5.56 Å². The number of benzene rings is 2. The van der Waals surface area contributed by atoms with Gasteiger partial charge in [-0.2, -0.15) is 0 Å². The van der Waals surface area contributed by atoms with E-state index in [4.69, 9.17) is 15.2 Å². The monoisotopic (exact) mass is 241 g/mol. The van der Waals surface area contributed by atoms with Crippen molar-refractivity contribution in [3.8, 4) is 11.5 Å². The lowest BCUT2D eigenvalue weighted by Gasteiger charge is -2.12. The Morgan fingerprint density at radius 2 is 1.89 bits per heavy atom. The third kappa shape index (κ3) is 2.25. The van der Waals surface area contributed by atoms with Crippen molar-refractivity contribution in [2.75, 3.05) is 12.3 Å². The lowest BCUT2D eigenvalue weighted by atomic mass is 10.1. The standard InChI is InChI=1S/C15H15NO2/c16-12-5-7-13(8-6-12)17-10-14-9-11-3-1-2-4-15(11)18-14/h1-8,14H,9-10,16H2. The topological polar surface area (TPSA) is 44.5 Å². The van der Waals surface area contributed by atoms with E-state index < -0.39 is 0 Å². The molecular formula is C15H15NO2. The molecule has 0 saturated heterocycles. The highest BCUT2D eigenvalue weighted by Crippen LogP contribution is 2.28. The summed E-state index contributed by atoms with van der Waals surface area (Å²) in [5.74, 6) is 1.80. The second-order valence-corrected chi connectivity index (χ2v) is 4.43. The van der Waals surface area contributed by atoms with Gasteiger partial charge in [0.2, 0.25) is 0 Å². The number of nitrogen functional groups attached to an aromatic ring is 1. The lowest BCUT2D eigenvalue weighted by molar-refractivity contribution is 0.148. The van der Waals surface area contributed by atoms with E-state index in [-0.39, 0.29) is 6.10 Å². The largest absolute Gasteiger partial charge is 0.490 e. The molecule has 1 unspecified atom stereocenters. The van der Waals surface area contributed by atoms with E-state index in [2.05, 4.69) is 6.07 Å². The fraction of sp³-hybridized carbons (Fsp3) is 0.200. The molecule has 2 N–H and O–H groups in total. The predicted octanol–water partition coefficient (Wildman–Crippen LogP) is 2.65. The van der Waals surface area contributed by atoms with Crippen molar-refractivity contribution < 1.29 is 9.47 Å². The van der Waals surface area contributed by atoms with Crippen LogP contribution in [0.15, 0.2) is 48.5 Å². The Kier molecular flexibility index (Phi) is 2.81. The predicted molar refractivity (Wildman–Crippen MR) is 70.9 cm³/mol. The van der Waals surface area contributed by atoms with Gasteiger partial charge >= 0.3 is 0 Å². The quantitative estimate of drug-likeness (QED) is 0.840. The molecule has 0 fully saturated rings. The minimum atomic E-state index is 0.0972. The molecule has 0 spiro atoms. The summed E-state index contributed by atoms with van der Waals surface area (Å²) in [7, 11) is 0. The van der Waals surface area contributed by atoms with Crippen molar-refractivity contribution in [3.63, 3.8) is 0 Å². The summed E-state index contributed by atoms with van der Waals surface area (Å²) < 4.78 is 11.5. The first-order valence-corrected chi connectivity index (χ1v) is 6.04. The number of para-hydroxylation sites is 1. The summed E-state index contributed by atoms with van der Waals surface area (Å²) in [5, 5.41) is 0. The van der Waals surface area contributed by atoms with Gasteiger partial charge in [-0.1, -0.05) is 18.2 Å². The molecule has 1 heterocycles. The van der Waals surface area contributed by atoms with Crippen molar-refractivity contribution in [2.45, 2.75) is 12.5 Å². The zero-order chi connectivity index (χ0) is 12.4. The molecule has 1 atom stereocenters. The van der Waals surface area contributed by atoms with Crippen LogP contribution in [0.4, 0.5) is 5.69 Å². The third-order valence-electron chi connectivity index (χ3n) is 3.03. The van der Waals surface area contributed by atoms with Gasteiger partial charge in [-0.15, -0.1) is 0 Å². The van der Waals surface area contributed by atoms with Crippen LogP contribution in [0.3, 0.4) is 0 Å². The smallest absolute Gasteiger partial charge is 0.137 e. The van der Waals surface area contributed by atoms with Crippen molar-refractivity contribution in [1.29, 1.82) is 0 Å². The maximum absolute atomic E-state index is 5.80. The lowest BCUT2D eigenvalue weighted by Crippen LogP contribution is -2.22. The molecule has 3 rings (SSSR count). The number of rotatable bonds is 3. The maximum atomic E-state index is 5.80. The fourth-order valence-electron chi connectivity index (χ4n) is 2.10. The molecule has 2 aromatic carbocycles. The molecule has 3 nitrogen and oxygen atoms in total. The van der Waals surface area contributed by atoms with E-state index in [1.54, 1.807) is 0 Å². The van der Waals surface area contributed by atoms with Crippen molar-refractivity contribution in [1.82, 2.24) is 0 Å². The van der Waals surface area contributed by atoms with Gasteiger partial charge in [-0.3, -0.25) is 0 Å². The van der Waals surface area contributed by atoms with Crippen LogP contribution >= 0.6 is 0 Å². The molecule has 0 radical (unpaired) electrons. The van der Waals surface area contributed by atoms with Gasteiger partial charge in [0.15, 0.2) is 0 Å². The van der Waals surface area contributed by atoms with Crippen LogP contribution in [-0.2, 0) is 6.42 Å². The Labute approximate surface area is 106 Å². The minimum Gasteiger partial charge on any atom is -0.490 e. The van der Waals surface area contributed by atoms with Crippen LogP contribution in [0.5, 0.6) is 11.5 Å². The van der Waals surface area contributed by atoms with Crippen LogP contribution in [0.1, 0.15) is 5.56 Å². The molecule has 0 aliphatic carbocycles. The third-order valence-corrected chi connectivity index (χ3v) is 3.03.